The van der Waals surface area contributed by atoms with Gasteiger partial charge in [0.1, 0.15) is 5.75 Å². The lowest BCUT2D eigenvalue weighted by atomic mass is 10.2. The summed E-state index contributed by atoms with van der Waals surface area (Å²) in [7, 11) is -2.07. The van der Waals surface area contributed by atoms with E-state index in [1.165, 1.54) is 0 Å². The van der Waals surface area contributed by atoms with Crippen molar-refractivity contribution in [3.8, 4) is 5.75 Å². The molecule has 0 bridgehead atoms. The first kappa shape index (κ1) is 20.1. The van der Waals surface area contributed by atoms with E-state index in [1.54, 1.807) is 25.3 Å². The van der Waals surface area contributed by atoms with Gasteiger partial charge in [-0.15, -0.1) is 0 Å². The van der Waals surface area contributed by atoms with Crippen molar-refractivity contribution >= 4 is 21.4 Å². The molecule has 0 aliphatic rings. The van der Waals surface area contributed by atoms with Gasteiger partial charge in [0.15, 0.2) is 0 Å². The molecule has 0 radical (unpaired) electrons. The molecule has 0 heterocycles. The van der Waals surface area contributed by atoms with Crippen molar-refractivity contribution in [2.24, 2.45) is 0 Å². The SMILES string of the molecule is CCCN(CCC)c1ccc(NS(=O)(=O)c2ccc(OC)c(C)c2)cc1. The molecule has 142 valence electrons. The zero-order valence-electron chi connectivity index (χ0n) is 16.0. The van der Waals surface area contributed by atoms with E-state index in [0.29, 0.717) is 11.4 Å². The molecule has 2 aromatic carbocycles. The van der Waals surface area contributed by atoms with Crippen molar-refractivity contribution in [1.29, 1.82) is 0 Å². The van der Waals surface area contributed by atoms with Crippen LogP contribution >= 0.6 is 0 Å². The van der Waals surface area contributed by atoms with Crippen molar-refractivity contribution in [3.63, 3.8) is 0 Å². The Morgan fingerprint density at radius 1 is 1.00 bits per heavy atom. The highest BCUT2D eigenvalue weighted by Gasteiger charge is 2.16. The molecule has 0 aliphatic heterocycles. The highest BCUT2D eigenvalue weighted by atomic mass is 32.2. The van der Waals surface area contributed by atoms with Crippen LogP contribution in [0.4, 0.5) is 11.4 Å². The van der Waals surface area contributed by atoms with Crippen molar-refractivity contribution in [2.75, 3.05) is 29.8 Å². The van der Waals surface area contributed by atoms with E-state index in [1.807, 2.05) is 31.2 Å². The number of hydrogen-bond donors (Lipinski definition) is 1. The molecule has 26 heavy (non-hydrogen) atoms. The molecule has 0 spiro atoms. The van der Waals surface area contributed by atoms with Crippen molar-refractivity contribution in [2.45, 2.75) is 38.5 Å². The van der Waals surface area contributed by atoms with E-state index in [4.69, 9.17) is 4.74 Å². The lowest BCUT2D eigenvalue weighted by Gasteiger charge is -2.24. The molecule has 0 saturated carbocycles. The van der Waals surface area contributed by atoms with Gasteiger partial charge < -0.3 is 9.64 Å². The quantitative estimate of drug-likeness (QED) is 0.703. The molecule has 1 N–H and O–H groups in total. The summed E-state index contributed by atoms with van der Waals surface area (Å²) in [6.07, 6.45) is 2.15. The summed E-state index contributed by atoms with van der Waals surface area (Å²) in [5, 5.41) is 0. The Balaban J connectivity index is 2.18. The fourth-order valence-electron chi connectivity index (χ4n) is 2.88. The summed E-state index contributed by atoms with van der Waals surface area (Å²) >= 11 is 0. The molecule has 0 fully saturated rings. The second-order valence-corrected chi connectivity index (χ2v) is 7.95. The second-order valence-electron chi connectivity index (χ2n) is 6.27. The average Bonchev–Trinajstić information content (AvgIpc) is 2.62. The number of rotatable bonds is 9. The van der Waals surface area contributed by atoms with E-state index in [0.717, 1.165) is 37.2 Å². The number of anilines is 2. The third kappa shape index (κ3) is 4.91. The molecule has 2 rings (SSSR count). The maximum atomic E-state index is 12.6. The summed E-state index contributed by atoms with van der Waals surface area (Å²) < 4.78 is 33.1. The van der Waals surface area contributed by atoms with Crippen LogP contribution in [0.15, 0.2) is 47.4 Å². The first-order valence-electron chi connectivity index (χ1n) is 8.93. The van der Waals surface area contributed by atoms with Crippen molar-refractivity contribution < 1.29 is 13.2 Å². The average molecular weight is 377 g/mol. The summed E-state index contributed by atoms with van der Waals surface area (Å²) in [5.41, 5.74) is 2.44. The zero-order valence-corrected chi connectivity index (χ0v) is 16.8. The Morgan fingerprint density at radius 2 is 1.62 bits per heavy atom. The van der Waals surface area contributed by atoms with Gasteiger partial charge in [0, 0.05) is 24.5 Å². The number of hydrogen-bond acceptors (Lipinski definition) is 4. The largest absolute Gasteiger partial charge is 0.496 e. The molecular formula is C20H28N2O3S. The van der Waals surface area contributed by atoms with Gasteiger partial charge in [-0.05, 0) is 67.8 Å². The minimum atomic E-state index is -3.63. The Bertz CT molecular complexity index is 811. The predicted octanol–water partition coefficient (Wildman–Crippen LogP) is 4.43. The topological polar surface area (TPSA) is 58.6 Å². The molecule has 0 aromatic heterocycles. The van der Waals surface area contributed by atoms with Crippen LogP contribution in [0.1, 0.15) is 32.3 Å². The van der Waals surface area contributed by atoms with Gasteiger partial charge in [-0.25, -0.2) is 8.42 Å². The van der Waals surface area contributed by atoms with Gasteiger partial charge in [-0.2, -0.15) is 0 Å². The number of ether oxygens (including phenoxy) is 1. The predicted molar refractivity (Wildman–Crippen MR) is 108 cm³/mol. The number of methoxy groups -OCH3 is 1. The minimum absolute atomic E-state index is 0.221. The number of aryl methyl sites for hydroxylation is 1. The van der Waals surface area contributed by atoms with Crippen molar-refractivity contribution in [3.05, 3.63) is 48.0 Å². The smallest absolute Gasteiger partial charge is 0.261 e. The summed E-state index contributed by atoms with van der Waals surface area (Å²) in [4.78, 5) is 2.53. The van der Waals surface area contributed by atoms with Gasteiger partial charge in [-0.1, -0.05) is 13.8 Å². The first-order chi connectivity index (χ1) is 12.4. The fourth-order valence-corrected chi connectivity index (χ4v) is 4.03. The fraction of sp³-hybridized carbons (Fsp3) is 0.400. The third-order valence-corrected chi connectivity index (χ3v) is 5.53. The Hall–Kier alpha value is -2.21. The second kappa shape index (κ2) is 8.94. The maximum absolute atomic E-state index is 12.6. The first-order valence-corrected chi connectivity index (χ1v) is 10.4. The van der Waals surface area contributed by atoms with Gasteiger partial charge >= 0.3 is 0 Å². The van der Waals surface area contributed by atoms with Crippen LogP contribution in [-0.4, -0.2) is 28.6 Å². The maximum Gasteiger partial charge on any atom is 0.261 e. The zero-order chi connectivity index (χ0) is 19.2. The van der Waals surface area contributed by atoms with Crippen LogP contribution in [-0.2, 0) is 10.0 Å². The van der Waals surface area contributed by atoms with Crippen molar-refractivity contribution in [1.82, 2.24) is 0 Å². The van der Waals surface area contributed by atoms with E-state index >= 15 is 0 Å². The highest BCUT2D eigenvalue weighted by molar-refractivity contribution is 7.92. The van der Waals surface area contributed by atoms with E-state index in [9.17, 15) is 8.42 Å². The standard InChI is InChI=1S/C20H28N2O3S/c1-5-13-22(14-6-2)18-9-7-17(8-10-18)21-26(23,24)19-11-12-20(25-4)16(3)15-19/h7-12,15,21H,5-6,13-14H2,1-4H3. The lowest BCUT2D eigenvalue weighted by Crippen LogP contribution is -2.24. The summed E-state index contributed by atoms with van der Waals surface area (Å²) in [5.74, 6) is 0.667. The number of nitrogens with one attached hydrogen (secondary N) is 1. The summed E-state index contributed by atoms with van der Waals surface area (Å²) in [6, 6.07) is 12.4. The van der Waals surface area contributed by atoms with Crippen LogP contribution in [0.25, 0.3) is 0 Å². The molecule has 0 unspecified atom stereocenters. The molecule has 0 saturated heterocycles. The molecule has 0 amide bonds. The van der Waals surface area contributed by atoms with Crippen LogP contribution in [0.5, 0.6) is 5.75 Å². The van der Waals surface area contributed by atoms with Crippen LogP contribution < -0.4 is 14.4 Å². The Kier molecular flexibility index (Phi) is 6.91. The highest BCUT2D eigenvalue weighted by Crippen LogP contribution is 2.24. The van der Waals surface area contributed by atoms with Gasteiger partial charge in [-0.3, -0.25) is 4.72 Å². The lowest BCUT2D eigenvalue weighted by molar-refractivity contribution is 0.411. The molecule has 6 heteroatoms. The van der Waals surface area contributed by atoms with E-state index in [2.05, 4.69) is 23.5 Å². The monoisotopic (exact) mass is 376 g/mol. The van der Waals surface area contributed by atoms with Crippen LogP contribution in [0, 0.1) is 6.92 Å². The molecular weight excluding hydrogens is 348 g/mol. The number of sulfonamides is 1. The molecule has 0 atom stereocenters. The molecule has 2 aromatic rings. The minimum Gasteiger partial charge on any atom is -0.496 e. The third-order valence-electron chi connectivity index (χ3n) is 4.15. The Morgan fingerprint density at radius 3 is 2.12 bits per heavy atom. The molecule has 5 nitrogen and oxygen atoms in total. The number of nitrogens with zero attached hydrogens (tertiary/aromatic N) is 1. The van der Waals surface area contributed by atoms with E-state index < -0.39 is 10.0 Å². The Labute approximate surface area is 157 Å². The number of benzene rings is 2. The van der Waals surface area contributed by atoms with Gasteiger partial charge in [0.2, 0.25) is 0 Å². The molecule has 0 aliphatic carbocycles. The van der Waals surface area contributed by atoms with E-state index in [-0.39, 0.29) is 4.90 Å². The normalized spacial score (nSPS) is 11.2. The van der Waals surface area contributed by atoms with Gasteiger partial charge in [0.25, 0.3) is 10.0 Å². The summed E-state index contributed by atoms with van der Waals surface area (Å²) in [6.45, 7) is 8.11. The van der Waals surface area contributed by atoms with Crippen LogP contribution in [0.2, 0.25) is 0 Å². The van der Waals surface area contributed by atoms with Gasteiger partial charge in [0.05, 0.1) is 12.0 Å². The van der Waals surface area contributed by atoms with Crippen LogP contribution in [0.3, 0.4) is 0 Å².